The number of piperidine rings is 1. The summed E-state index contributed by atoms with van der Waals surface area (Å²) in [5.74, 6) is 3.32. The van der Waals surface area contributed by atoms with E-state index in [1.807, 2.05) is 0 Å². The minimum atomic E-state index is 0.372. The van der Waals surface area contributed by atoms with E-state index >= 15 is 0 Å². The zero-order valence-electron chi connectivity index (χ0n) is 12.4. The van der Waals surface area contributed by atoms with Gasteiger partial charge in [0.2, 0.25) is 5.91 Å². The van der Waals surface area contributed by atoms with Crippen molar-refractivity contribution in [3.63, 3.8) is 0 Å². The predicted octanol–water partition coefficient (Wildman–Crippen LogP) is 2.27. The average Bonchev–Trinajstić information content (AvgIpc) is 3.05. The Morgan fingerprint density at radius 1 is 1.21 bits per heavy atom. The zero-order valence-corrected chi connectivity index (χ0v) is 12.4. The van der Waals surface area contributed by atoms with Crippen LogP contribution in [0.25, 0.3) is 0 Å². The Hall–Kier alpha value is -0.570. The molecular formula is C16H28N2O. The summed E-state index contributed by atoms with van der Waals surface area (Å²) in [5, 5.41) is 3.59. The lowest BCUT2D eigenvalue weighted by molar-refractivity contribution is -0.138. The largest absolute Gasteiger partial charge is 0.342 e. The van der Waals surface area contributed by atoms with Crippen LogP contribution in [0, 0.1) is 23.7 Å². The van der Waals surface area contributed by atoms with Crippen LogP contribution in [0.2, 0.25) is 0 Å². The van der Waals surface area contributed by atoms with Crippen molar-refractivity contribution in [2.24, 2.45) is 23.7 Å². The molecule has 2 saturated carbocycles. The third-order valence-electron chi connectivity index (χ3n) is 5.63. The molecular weight excluding hydrogens is 236 g/mol. The number of carbonyl (C=O) groups is 1. The fraction of sp³-hybridized carbons (Fsp3) is 0.938. The van der Waals surface area contributed by atoms with E-state index < -0.39 is 0 Å². The van der Waals surface area contributed by atoms with Gasteiger partial charge in [0.15, 0.2) is 0 Å². The summed E-state index contributed by atoms with van der Waals surface area (Å²) in [7, 11) is 0. The van der Waals surface area contributed by atoms with Crippen LogP contribution < -0.4 is 5.32 Å². The van der Waals surface area contributed by atoms with Gasteiger partial charge in [0, 0.05) is 25.0 Å². The van der Waals surface area contributed by atoms with Crippen LogP contribution in [0.5, 0.6) is 0 Å². The van der Waals surface area contributed by atoms with E-state index in [1.165, 1.54) is 25.7 Å². The lowest BCUT2D eigenvalue weighted by atomic mass is 9.88. The summed E-state index contributed by atoms with van der Waals surface area (Å²) in [6.07, 6.45) is 6.10. The maximum Gasteiger partial charge on any atom is 0.225 e. The van der Waals surface area contributed by atoms with Crippen LogP contribution in [0.15, 0.2) is 0 Å². The molecule has 3 rings (SSSR count). The number of fused-ring (bicyclic) bond motifs is 1. The molecule has 0 bridgehead atoms. The molecule has 1 N–H and O–H groups in total. The molecule has 1 saturated heterocycles. The first-order valence-electron chi connectivity index (χ1n) is 8.25. The lowest BCUT2D eigenvalue weighted by Crippen LogP contribution is -2.52. The van der Waals surface area contributed by atoms with Gasteiger partial charge in [0.1, 0.15) is 0 Å². The van der Waals surface area contributed by atoms with Gasteiger partial charge in [0.25, 0.3) is 0 Å². The minimum absolute atomic E-state index is 0.372. The second-order valence-corrected chi connectivity index (χ2v) is 6.83. The van der Waals surface area contributed by atoms with Crippen molar-refractivity contribution >= 4 is 5.91 Å². The van der Waals surface area contributed by atoms with Crippen molar-refractivity contribution in [2.45, 2.75) is 52.0 Å². The van der Waals surface area contributed by atoms with Crippen molar-refractivity contribution in [3.8, 4) is 0 Å². The average molecular weight is 264 g/mol. The highest BCUT2D eigenvalue weighted by atomic mass is 16.2. The Morgan fingerprint density at radius 3 is 2.58 bits per heavy atom. The fourth-order valence-corrected chi connectivity index (χ4v) is 4.35. The number of amides is 1. The molecule has 0 aromatic carbocycles. The highest BCUT2D eigenvalue weighted by molar-refractivity contribution is 5.79. The van der Waals surface area contributed by atoms with Gasteiger partial charge in [-0.15, -0.1) is 0 Å². The molecule has 4 atom stereocenters. The van der Waals surface area contributed by atoms with Crippen molar-refractivity contribution in [2.75, 3.05) is 19.6 Å². The highest BCUT2D eigenvalue weighted by Crippen LogP contribution is 2.54. The lowest BCUT2D eigenvalue weighted by Gasteiger charge is -2.39. The van der Waals surface area contributed by atoms with Gasteiger partial charge < -0.3 is 10.2 Å². The van der Waals surface area contributed by atoms with Crippen molar-refractivity contribution in [1.82, 2.24) is 10.2 Å². The second kappa shape index (κ2) is 5.43. The number of nitrogens with zero attached hydrogens (tertiary/aromatic N) is 1. The van der Waals surface area contributed by atoms with E-state index in [-0.39, 0.29) is 0 Å². The molecule has 1 aliphatic heterocycles. The van der Waals surface area contributed by atoms with Gasteiger partial charge in [-0.2, -0.15) is 0 Å². The van der Waals surface area contributed by atoms with E-state index in [4.69, 9.17) is 0 Å². The van der Waals surface area contributed by atoms with Crippen LogP contribution in [0.1, 0.15) is 46.0 Å². The SMILES string of the molecule is CCNC1CCN(C(=O)C2CC3CC3C2)CC1CC. The normalized spacial score (nSPS) is 41.2. The molecule has 0 radical (unpaired) electrons. The minimum Gasteiger partial charge on any atom is -0.342 e. The third kappa shape index (κ3) is 2.67. The first kappa shape index (κ1) is 13.4. The summed E-state index contributed by atoms with van der Waals surface area (Å²) in [5.41, 5.74) is 0. The Kier molecular flexibility index (Phi) is 3.84. The van der Waals surface area contributed by atoms with Crippen LogP contribution in [0.3, 0.4) is 0 Å². The number of hydrogen-bond donors (Lipinski definition) is 1. The monoisotopic (exact) mass is 264 g/mol. The smallest absolute Gasteiger partial charge is 0.225 e. The Bertz CT molecular complexity index is 334. The maximum atomic E-state index is 12.6. The van der Waals surface area contributed by atoms with Gasteiger partial charge in [-0.05, 0) is 50.0 Å². The second-order valence-electron chi connectivity index (χ2n) is 6.83. The molecule has 0 spiro atoms. The Balaban J connectivity index is 1.55. The topological polar surface area (TPSA) is 32.3 Å². The summed E-state index contributed by atoms with van der Waals surface area (Å²) in [6, 6.07) is 0.621. The fourth-order valence-electron chi connectivity index (χ4n) is 4.35. The molecule has 2 aliphatic carbocycles. The maximum absolute atomic E-state index is 12.6. The van der Waals surface area contributed by atoms with E-state index in [9.17, 15) is 4.79 Å². The van der Waals surface area contributed by atoms with Gasteiger partial charge in [-0.3, -0.25) is 4.79 Å². The van der Waals surface area contributed by atoms with Gasteiger partial charge in [-0.25, -0.2) is 0 Å². The Labute approximate surface area is 117 Å². The zero-order chi connectivity index (χ0) is 13.4. The summed E-state index contributed by atoms with van der Waals surface area (Å²) in [6.45, 7) is 7.43. The number of nitrogens with one attached hydrogen (secondary N) is 1. The number of rotatable bonds is 4. The van der Waals surface area contributed by atoms with E-state index in [1.54, 1.807) is 0 Å². The summed E-state index contributed by atoms with van der Waals surface area (Å²) in [4.78, 5) is 14.8. The van der Waals surface area contributed by atoms with E-state index in [0.29, 0.717) is 23.8 Å². The van der Waals surface area contributed by atoms with Crippen LogP contribution in [-0.2, 0) is 4.79 Å². The number of hydrogen-bond acceptors (Lipinski definition) is 2. The third-order valence-corrected chi connectivity index (χ3v) is 5.63. The predicted molar refractivity (Wildman–Crippen MR) is 76.8 cm³/mol. The summed E-state index contributed by atoms with van der Waals surface area (Å²) >= 11 is 0. The molecule has 4 unspecified atom stereocenters. The summed E-state index contributed by atoms with van der Waals surface area (Å²) < 4.78 is 0. The molecule has 0 aromatic rings. The highest BCUT2D eigenvalue weighted by Gasteiger charge is 2.49. The first-order valence-corrected chi connectivity index (χ1v) is 8.25. The number of likely N-dealkylation sites (tertiary alicyclic amines) is 1. The molecule has 3 aliphatic rings. The molecule has 3 fully saturated rings. The van der Waals surface area contributed by atoms with Gasteiger partial charge in [0.05, 0.1) is 0 Å². The molecule has 3 heteroatoms. The quantitative estimate of drug-likeness (QED) is 0.845. The molecule has 19 heavy (non-hydrogen) atoms. The molecule has 1 amide bonds. The Morgan fingerprint density at radius 2 is 1.95 bits per heavy atom. The van der Waals surface area contributed by atoms with Crippen LogP contribution >= 0.6 is 0 Å². The van der Waals surface area contributed by atoms with Gasteiger partial charge >= 0.3 is 0 Å². The number of carbonyl (C=O) groups excluding carboxylic acids is 1. The van der Waals surface area contributed by atoms with Crippen molar-refractivity contribution in [1.29, 1.82) is 0 Å². The van der Waals surface area contributed by atoms with E-state index in [0.717, 1.165) is 37.9 Å². The van der Waals surface area contributed by atoms with Crippen molar-refractivity contribution < 1.29 is 4.79 Å². The van der Waals surface area contributed by atoms with Crippen molar-refractivity contribution in [3.05, 3.63) is 0 Å². The van der Waals surface area contributed by atoms with Crippen LogP contribution in [-0.4, -0.2) is 36.5 Å². The van der Waals surface area contributed by atoms with Gasteiger partial charge in [-0.1, -0.05) is 20.3 Å². The molecule has 0 aromatic heterocycles. The van der Waals surface area contributed by atoms with Crippen LogP contribution in [0.4, 0.5) is 0 Å². The van der Waals surface area contributed by atoms with E-state index in [2.05, 4.69) is 24.1 Å². The first-order chi connectivity index (χ1) is 9.22. The molecule has 108 valence electrons. The molecule has 1 heterocycles. The molecule has 3 nitrogen and oxygen atoms in total. The standard InChI is InChI=1S/C16H28N2O/c1-3-11-10-18(6-5-15(11)17-4-2)16(19)14-8-12-7-13(12)9-14/h11-15,17H,3-10H2,1-2H3.